The molecule has 0 aromatic heterocycles. The van der Waals surface area contributed by atoms with Crippen LogP contribution in [0.4, 0.5) is 0 Å². The molecule has 0 bridgehead atoms. The zero-order valence-corrected chi connectivity index (χ0v) is 10.9. The van der Waals surface area contributed by atoms with Crippen LogP contribution in [0.1, 0.15) is 25.7 Å². The first-order valence-corrected chi connectivity index (χ1v) is 6.99. The van der Waals surface area contributed by atoms with E-state index in [1.54, 1.807) is 0 Å². The van der Waals surface area contributed by atoms with Crippen LogP contribution in [-0.2, 0) is 9.53 Å². The van der Waals surface area contributed by atoms with Crippen molar-refractivity contribution in [2.75, 3.05) is 39.4 Å². The molecule has 2 rings (SSSR count). The number of amides is 1. The largest absolute Gasteiger partial charge is 0.396 e. The van der Waals surface area contributed by atoms with Gasteiger partial charge in [-0.25, -0.2) is 0 Å². The van der Waals surface area contributed by atoms with Crippen molar-refractivity contribution in [1.29, 1.82) is 0 Å². The van der Waals surface area contributed by atoms with Crippen molar-refractivity contribution >= 4 is 5.91 Å². The molecule has 104 valence electrons. The lowest BCUT2D eigenvalue weighted by Gasteiger charge is -2.31. The molecule has 2 N–H and O–H groups in total. The van der Waals surface area contributed by atoms with Crippen molar-refractivity contribution in [3.05, 3.63) is 0 Å². The molecule has 0 radical (unpaired) electrons. The molecule has 0 aromatic carbocycles. The van der Waals surface area contributed by atoms with Crippen molar-refractivity contribution in [3.8, 4) is 0 Å². The standard InChI is InChI=1S/C13H24N2O3/c16-10-11-3-1-5-15(8-11)9-13(17)14-7-12-4-2-6-18-12/h11-12,16H,1-10H2,(H,14,17). The SMILES string of the molecule is O=C(CN1CCCC(CO)C1)NCC1CCCO1. The molecular weight excluding hydrogens is 232 g/mol. The second-order valence-electron chi connectivity index (χ2n) is 5.37. The lowest BCUT2D eigenvalue weighted by Crippen LogP contribution is -2.44. The highest BCUT2D eigenvalue weighted by Gasteiger charge is 2.21. The van der Waals surface area contributed by atoms with Gasteiger partial charge in [0.15, 0.2) is 0 Å². The predicted molar refractivity (Wildman–Crippen MR) is 68.2 cm³/mol. The third kappa shape index (κ3) is 4.23. The van der Waals surface area contributed by atoms with E-state index in [0.29, 0.717) is 19.0 Å². The number of hydrogen-bond acceptors (Lipinski definition) is 4. The molecule has 0 aliphatic carbocycles. The molecule has 2 unspecified atom stereocenters. The highest BCUT2D eigenvalue weighted by atomic mass is 16.5. The van der Waals surface area contributed by atoms with Crippen LogP contribution >= 0.6 is 0 Å². The number of piperidine rings is 1. The number of nitrogens with one attached hydrogen (secondary N) is 1. The number of nitrogens with zero attached hydrogens (tertiary/aromatic N) is 1. The number of aliphatic hydroxyl groups is 1. The minimum absolute atomic E-state index is 0.0732. The van der Waals surface area contributed by atoms with Gasteiger partial charge in [0, 0.05) is 26.3 Å². The van der Waals surface area contributed by atoms with Gasteiger partial charge in [-0.2, -0.15) is 0 Å². The molecule has 0 aromatic rings. The van der Waals surface area contributed by atoms with Gasteiger partial charge in [-0.3, -0.25) is 9.69 Å². The molecule has 5 heteroatoms. The third-order valence-corrected chi connectivity index (χ3v) is 3.78. The maximum Gasteiger partial charge on any atom is 0.234 e. The zero-order valence-electron chi connectivity index (χ0n) is 10.9. The number of hydrogen-bond donors (Lipinski definition) is 2. The van der Waals surface area contributed by atoms with E-state index in [1.807, 2.05) is 0 Å². The summed E-state index contributed by atoms with van der Waals surface area (Å²) in [6, 6.07) is 0. The fourth-order valence-electron chi connectivity index (χ4n) is 2.74. The fraction of sp³-hybridized carbons (Fsp3) is 0.923. The number of carbonyl (C=O) groups excluding carboxylic acids is 1. The van der Waals surface area contributed by atoms with Crippen LogP contribution in [0.3, 0.4) is 0 Å². The predicted octanol–water partition coefficient (Wildman–Crippen LogP) is -0.0141. The Morgan fingerprint density at radius 3 is 3.00 bits per heavy atom. The third-order valence-electron chi connectivity index (χ3n) is 3.78. The molecular formula is C13H24N2O3. The van der Waals surface area contributed by atoms with Gasteiger partial charge in [0.25, 0.3) is 0 Å². The van der Waals surface area contributed by atoms with Crippen LogP contribution in [0, 0.1) is 5.92 Å². The number of carbonyl (C=O) groups is 1. The highest BCUT2D eigenvalue weighted by Crippen LogP contribution is 2.15. The Morgan fingerprint density at radius 2 is 2.28 bits per heavy atom. The summed E-state index contributed by atoms with van der Waals surface area (Å²) in [6.07, 6.45) is 4.51. The van der Waals surface area contributed by atoms with Crippen LogP contribution in [0.15, 0.2) is 0 Å². The van der Waals surface area contributed by atoms with Crippen molar-refractivity contribution in [3.63, 3.8) is 0 Å². The molecule has 2 saturated heterocycles. The molecule has 18 heavy (non-hydrogen) atoms. The van der Waals surface area contributed by atoms with Crippen molar-refractivity contribution in [2.45, 2.75) is 31.8 Å². The number of aliphatic hydroxyl groups excluding tert-OH is 1. The fourth-order valence-corrected chi connectivity index (χ4v) is 2.74. The first-order chi connectivity index (χ1) is 8.78. The van der Waals surface area contributed by atoms with E-state index in [9.17, 15) is 4.79 Å². The highest BCUT2D eigenvalue weighted by molar-refractivity contribution is 5.78. The lowest BCUT2D eigenvalue weighted by molar-refractivity contribution is -0.123. The van der Waals surface area contributed by atoms with Gasteiger partial charge in [0.05, 0.1) is 12.6 Å². The maximum atomic E-state index is 11.8. The summed E-state index contributed by atoms with van der Waals surface area (Å²) in [5.41, 5.74) is 0. The van der Waals surface area contributed by atoms with E-state index in [-0.39, 0.29) is 18.6 Å². The first-order valence-electron chi connectivity index (χ1n) is 6.99. The van der Waals surface area contributed by atoms with Crippen LogP contribution in [0.25, 0.3) is 0 Å². The topological polar surface area (TPSA) is 61.8 Å². The van der Waals surface area contributed by atoms with E-state index in [1.165, 1.54) is 0 Å². The molecule has 2 atom stereocenters. The average Bonchev–Trinajstić information content (AvgIpc) is 2.90. The summed E-state index contributed by atoms with van der Waals surface area (Å²) in [5.74, 6) is 0.411. The van der Waals surface area contributed by atoms with E-state index in [4.69, 9.17) is 9.84 Å². The normalized spacial score (nSPS) is 29.4. The van der Waals surface area contributed by atoms with Gasteiger partial charge >= 0.3 is 0 Å². The molecule has 2 heterocycles. The zero-order chi connectivity index (χ0) is 12.8. The minimum Gasteiger partial charge on any atom is -0.396 e. The van der Waals surface area contributed by atoms with Gasteiger partial charge in [-0.1, -0.05) is 0 Å². The maximum absolute atomic E-state index is 11.8. The number of ether oxygens (including phenoxy) is 1. The Hall–Kier alpha value is -0.650. The number of rotatable bonds is 5. The van der Waals surface area contributed by atoms with Gasteiger partial charge in [0.2, 0.25) is 5.91 Å². The second-order valence-corrected chi connectivity index (χ2v) is 5.37. The van der Waals surface area contributed by atoms with Gasteiger partial charge < -0.3 is 15.2 Å². The molecule has 5 nitrogen and oxygen atoms in total. The van der Waals surface area contributed by atoms with Crippen molar-refractivity contribution < 1.29 is 14.6 Å². The van der Waals surface area contributed by atoms with E-state index >= 15 is 0 Å². The van der Waals surface area contributed by atoms with Crippen molar-refractivity contribution in [1.82, 2.24) is 10.2 Å². The Labute approximate surface area is 108 Å². The van der Waals surface area contributed by atoms with Gasteiger partial charge in [-0.15, -0.1) is 0 Å². The summed E-state index contributed by atoms with van der Waals surface area (Å²) in [7, 11) is 0. The summed E-state index contributed by atoms with van der Waals surface area (Å²) < 4.78 is 5.47. The quantitative estimate of drug-likeness (QED) is 0.726. The molecule has 2 aliphatic heterocycles. The summed E-state index contributed by atoms with van der Waals surface area (Å²) in [4.78, 5) is 13.9. The van der Waals surface area contributed by atoms with E-state index in [2.05, 4.69) is 10.2 Å². The molecule has 1 amide bonds. The van der Waals surface area contributed by atoms with Gasteiger partial charge in [-0.05, 0) is 38.1 Å². The Balaban J connectivity index is 1.63. The lowest BCUT2D eigenvalue weighted by atomic mass is 9.99. The Morgan fingerprint density at radius 1 is 1.39 bits per heavy atom. The van der Waals surface area contributed by atoms with Crippen LogP contribution in [0.5, 0.6) is 0 Å². The first kappa shape index (κ1) is 13.8. The Bertz CT molecular complexity index is 267. The second kappa shape index (κ2) is 7.07. The van der Waals surface area contributed by atoms with Crippen LogP contribution in [-0.4, -0.2) is 61.4 Å². The summed E-state index contributed by atoms with van der Waals surface area (Å²) in [6.45, 7) is 3.94. The van der Waals surface area contributed by atoms with Crippen molar-refractivity contribution in [2.24, 2.45) is 5.92 Å². The summed E-state index contributed by atoms with van der Waals surface area (Å²) in [5, 5.41) is 12.1. The molecule has 2 fully saturated rings. The Kier molecular flexibility index (Phi) is 5.41. The van der Waals surface area contributed by atoms with Crippen LogP contribution in [0.2, 0.25) is 0 Å². The molecule has 2 aliphatic rings. The smallest absolute Gasteiger partial charge is 0.234 e. The van der Waals surface area contributed by atoms with Gasteiger partial charge in [0.1, 0.15) is 0 Å². The monoisotopic (exact) mass is 256 g/mol. The van der Waals surface area contributed by atoms with Crippen LogP contribution < -0.4 is 5.32 Å². The number of likely N-dealkylation sites (tertiary alicyclic amines) is 1. The molecule has 0 saturated carbocycles. The molecule has 0 spiro atoms. The van der Waals surface area contributed by atoms with E-state index in [0.717, 1.165) is 45.4 Å². The summed E-state index contributed by atoms with van der Waals surface area (Å²) >= 11 is 0. The average molecular weight is 256 g/mol. The van der Waals surface area contributed by atoms with E-state index < -0.39 is 0 Å². The minimum atomic E-state index is 0.0732.